The third-order valence-corrected chi connectivity index (χ3v) is 4.20. The van der Waals surface area contributed by atoms with E-state index >= 15 is 0 Å². The van der Waals surface area contributed by atoms with Gasteiger partial charge in [0.05, 0.1) is 11.1 Å². The molecule has 1 N–H and O–H groups in total. The molecule has 1 fully saturated rings. The fourth-order valence-electron chi connectivity index (χ4n) is 2.71. The Labute approximate surface area is 141 Å². The zero-order valence-electron chi connectivity index (χ0n) is 12.6. The summed E-state index contributed by atoms with van der Waals surface area (Å²) in [7, 11) is 0. The molecule has 1 aliphatic rings. The van der Waals surface area contributed by atoms with Crippen LogP contribution in [0.1, 0.15) is 25.3 Å². The fourth-order valence-corrected chi connectivity index (χ4v) is 3.29. The highest BCUT2D eigenvalue weighted by molar-refractivity contribution is 9.10. The molecule has 0 aromatic heterocycles. The topological polar surface area (TPSA) is 59.0 Å². The van der Waals surface area contributed by atoms with Gasteiger partial charge in [0.2, 0.25) is 0 Å². The molecule has 0 saturated carbocycles. The van der Waals surface area contributed by atoms with Crippen molar-refractivity contribution in [1.29, 1.82) is 0 Å². The van der Waals surface area contributed by atoms with E-state index in [4.69, 9.17) is 4.74 Å². The average Bonchev–Trinajstić information content (AvgIpc) is 2.91. The minimum atomic E-state index is -2.95. The number of aliphatic carboxylic acids is 1. The normalized spacial score (nSPS) is 18.4. The number of rotatable bonds is 7. The highest BCUT2D eigenvalue weighted by atomic mass is 79.9. The molecule has 1 atom stereocenters. The van der Waals surface area contributed by atoms with Crippen molar-refractivity contribution in [3.05, 3.63) is 22.2 Å². The predicted molar refractivity (Wildman–Crippen MR) is 83.0 cm³/mol. The van der Waals surface area contributed by atoms with Gasteiger partial charge in [-0.05, 0) is 59.9 Å². The molecular weight excluding hydrogens is 376 g/mol. The summed E-state index contributed by atoms with van der Waals surface area (Å²) >= 11 is 3.22. The number of hydrogen-bond acceptors (Lipinski definition) is 4. The molecular formula is C15H18BrF2NO4. The Hall–Kier alpha value is -1.41. The monoisotopic (exact) mass is 393 g/mol. The van der Waals surface area contributed by atoms with Gasteiger partial charge in [-0.2, -0.15) is 8.78 Å². The van der Waals surface area contributed by atoms with Gasteiger partial charge < -0.3 is 14.6 Å². The third kappa shape index (κ3) is 4.54. The van der Waals surface area contributed by atoms with E-state index in [0.717, 1.165) is 12.0 Å². The lowest BCUT2D eigenvalue weighted by Gasteiger charge is -2.22. The standard InChI is InChI=1S/C15H18BrF2NO4/c1-2-22-12-7-9(6-10(16)13(12)23-15(17)18)8-19-5-3-4-11(19)14(20)21/h6-7,11,15H,2-5,8H2,1H3,(H,20,21)/t11-/m0/s1. The molecule has 0 unspecified atom stereocenters. The maximum atomic E-state index is 12.5. The second-order valence-electron chi connectivity index (χ2n) is 5.18. The number of nitrogens with zero attached hydrogens (tertiary/aromatic N) is 1. The lowest BCUT2D eigenvalue weighted by molar-refractivity contribution is -0.142. The van der Waals surface area contributed by atoms with E-state index in [1.165, 1.54) is 0 Å². The van der Waals surface area contributed by atoms with Crippen LogP contribution in [0.5, 0.6) is 11.5 Å². The molecule has 0 radical (unpaired) electrons. The molecule has 0 spiro atoms. The van der Waals surface area contributed by atoms with Gasteiger partial charge in [-0.3, -0.25) is 9.69 Å². The molecule has 1 aromatic carbocycles. The maximum absolute atomic E-state index is 12.5. The van der Waals surface area contributed by atoms with E-state index in [2.05, 4.69) is 20.7 Å². The molecule has 1 aromatic rings. The molecule has 8 heteroatoms. The Morgan fingerprint density at radius 1 is 1.52 bits per heavy atom. The van der Waals surface area contributed by atoms with Crippen LogP contribution in [0.15, 0.2) is 16.6 Å². The first-order chi connectivity index (χ1) is 10.9. The second kappa shape index (κ2) is 7.92. The van der Waals surface area contributed by atoms with Crippen molar-refractivity contribution >= 4 is 21.9 Å². The van der Waals surface area contributed by atoms with E-state index < -0.39 is 18.6 Å². The summed E-state index contributed by atoms with van der Waals surface area (Å²) in [5.74, 6) is -0.686. The molecule has 5 nitrogen and oxygen atoms in total. The molecule has 1 aliphatic heterocycles. The lowest BCUT2D eigenvalue weighted by Crippen LogP contribution is -2.35. The Kier molecular flexibility index (Phi) is 6.17. The largest absolute Gasteiger partial charge is 0.490 e. The maximum Gasteiger partial charge on any atom is 0.387 e. The summed E-state index contributed by atoms with van der Waals surface area (Å²) in [6, 6.07) is 2.75. The summed E-state index contributed by atoms with van der Waals surface area (Å²) in [6.07, 6.45) is 1.43. The second-order valence-corrected chi connectivity index (χ2v) is 6.04. The smallest absolute Gasteiger partial charge is 0.387 e. The summed E-state index contributed by atoms with van der Waals surface area (Å²) in [5, 5.41) is 9.22. The number of carboxylic acids is 1. The van der Waals surface area contributed by atoms with E-state index in [9.17, 15) is 18.7 Å². The van der Waals surface area contributed by atoms with Gasteiger partial charge in [-0.25, -0.2) is 0 Å². The predicted octanol–water partition coefficient (Wildman–Crippen LogP) is 3.50. The van der Waals surface area contributed by atoms with Crippen LogP contribution in [-0.4, -0.2) is 41.8 Å². The number of carbonyl (C=O) groups is 1. The molecule has 0 amide bonds. The highest BCUT2D eigenvalue weighted by Gasteiger charge is 2.30. The van der Waals surface area contributed by atoms with Crippen LogP contribution < -0.4 is 9.47 Å². The van der Waals surface area contributed by atoms with Crippen molar-refractivity contribution < 1.29 is 28.2 Å². The first-order valence-corrected chi connectivity index (χ1v) is 8.08. The quantitative estimate of drug-likeness (QED) is 0.767. The Balaban J connectivity index is 2.24. The van der Waals surface area contributed by atoms with Gasteiger partial charge >= 0.3 is 12.6 Å². The Bertz CT molecular complexity index is 571. The number of ether oxygens (including phenoxy) is 2. The van der Waals surface area contributed by atoms with Crippen molar-refractivity contribution in [2.75, 3.05) is 13.2 Å². The lowest BCUT2D eigenvalue weighted by atomic mass is 10.1. The third-order valence-electron chi connectivity index (χ3n) is 3.61. The average molecular weight is 394 g/mol. The van der Waals surface area contributed by atoms with Gasteiger partial charge in [0.25, 0.3) is 0 Å². The van der Waals surface area contributed by atoms with Crippen molar-refractivity contribution in [3.63, 3.8) is 0 Å². The minimum Gasteiger partial charge on any atom is -0.490 e. The summed E-state index contributed by atoms with van der Waals surface area (Å²) < 4.78 is 35.3. The molecule has 1 saturated heterocycles. The molecule has 0 bridgehead atoms. The van der Waals surface area contributed by atoms with Crippen LogP contribution >= 0.6 is 15.9 Å². The zero-order valence-corrected chi connectivity index (χ0v) is 14.2. The Morgan fingerprint density at radius 3 is 2.87 bits per heavy atom. The van der Waals surface area contributed by atoms with Crippen molar-refractivity contribution in [2.24, 2.45) is 0 Å². The van der Waals surface area contributed by atoms with Gasteiger partial charge in [0.15, 0.2) is 11.5 Å². The summed E-state index contributed by atoms with van der Waals surface area (Å²) in [4.78, 5) is 13.1. The van der Waals surface area contributed by atoms with Crippen LogP contribution in [0, 0.1) is 0 Å². The number of hydrogen-bond donors (Lipinski definition) is 1. The first-order valence-electron chi connectivity index (χ1n) is 7.29. The number of carboxylic acid groups (broad SMARTS) is 1. The summed E-state index contributed by atoms with van der Waals surface area (Å²) in [6.45, 7) is 0.189. The van der Waals surface area contributed by atoms with Crippen LogP contribution in [0.4, 0.5) is 8.78 Å². The van der Waals surface area contributed by atoms with Gasteiger partial charge in [-0.1, -0.05) is 0 Å². The molecule has 2 rings (SSSR count). The van der Waals surface area contributed by atoms with Crippen LogP contribution in [0.2, 0.25) is 0 Å². The molecule has 128 valence electrons. The number of halogens is 3. The van der Waals surface area contributed by atoms with Crippen molar-refractivity contribution in [1.82, 2.24) is 4.90 Å². The van der Waals surface area contributed by atoms with Gasteiger partial charge in [0, 0.05) is 6.54 Å². The van der Waals surface area contributed by atoms with Crippen LogP contribution in [0.25, 0.3) is 0 Å². The van der Waals surface area contributed by atoms with E-state index in [0.29, 0.717) is 30.6 Å². The van der Waals surface area contributed by atoms with Crippen molar-refractivity contribution in [2.45, 2.75) is 39.0 Å². The number of likely N-dealkylation sites (tertiary alicyclic amines) is 1. The first kappa shape index (κ1) is 17.9. The minimum absolute atomic E-state index is 0.0539. The van der Waals surface area contributed by atoms with Crippen molar-refractivity contribution in [3.8, 4) is 11.5 Å². The zero-order chi connectivity index (χ0) is 17.0. The van der Waals surface area contributed by atoms with Crippen LogP contribution in [0.3, 0.4) is 0 Å². The van der Waals surface area contributed by atoms with E-state index in [-0.39, 0.29) is 11.5 Å². The van der Waals surface area contributed by atoms with Gasteiger partial charge in [0.1, 0.15) is 6.04 Å². The summed E-state index contributed by atoms with van der Waals surface area (Å²) in [5.41, 5.74) is 0.773. The highest BCUT2D eigenvalue weighted by Crippen LogP contribution is 2.38. The number of alkyl halides is 2. The van der Waals surface area contributed by atoms with Gasteiger partial charge in [-0.15, -0.1) is 0 Å². The molecule has 0 aliphatic carbocycles. The molecule has 1 heterocycles. The molecule has 23 heavy (non-hydrogen) atoms. The van der Waals surface area contributed by atoms with E-state index in [1.807, 2.05) is 4.90 Å². The van der Waals surface area contributed by atoms with Crippen LogP contribution in [-0.2, 0) is 11.3 Å². The van der Waals surface area contributed by atoms with E-state index in [1.54, 1.807) is 19.1 Å². The number of benzene rings is 1. The fraction of sp³-hybridized carbons (Fsp3) is 0.533. The SMILES string of the molecule is CCOc1cc(CN2CCC[C@H]2C(=O)O)cc(Br)c1OC(F)F. The Morgan fingerprint density at radius 2 is 2.26 bits per heavy atom.